The number of hydrogen-bond acceptors (Lipinski definition) is 9. The first kappa shape index (κ1) is 27.7. The predicted octanol–water partition coefficient (Wildman–Crippen LogP) is 0.928. The number of benzene rings is 1. The lowest BCUT2D eigenvalue weighted by Crippen LogP contribution is -2.41. The Morgan fingerprint density at radius 1 is 1.08 bits per heavy atom. The Kier molecular flexibility index (Phi) is 10.3. The number of nitrogen functional groups attached to an aromatic ring is 1. The highest BCUT2D eigenvalue weighted by Gasteiger charge is 2.21. The standard InChI is InChI=1S/C23H29N7O6/c1-13(9-10-25-2)28-22(34)19-20(24)27-12-16(29-19)11-26-15-5-3-14(4-6-15)21(33)30-17(23(35)36)7-8-18(31)32/h3-6,12-13,17,26H,2,7-11H2,1H3,(H2,24,27)(H,28,34)(H,30,33)(H,31,32)(H,35,36). The second-order valence-corrected chi connectivity index (χ2v) is 7.93. The first-order valence-corrected chi connectivity index (χ1v) is 11.0. The fourth-order valence-electron chi connectivity index (χ4n) is 3.04. The van der Waals surface area contributed by atoms with Gasteiger partial charge in [-0.1, -0.05) is 0 Å². The first-order valence-electron chi connectivity index (χ1n) is 11.0. The van der Waals surface area contributed by atoms with Crippen molar-refractivity contribution in [1.82, 2.24) is 20.6 Å². The Labute approximate surface area is 207 Å². The van der Waals surface area contributed by atoms with E-state index in [1.165, 1.54) is 18.3 Å². The molecule has 192 valence electrons. The summed E-state index contributed by atoms with van der Waals surface area (Å²) in [6.45, 7) is 5.97. The lowest BCUT2D eigenvalue weighted by Gasteiger charge is -2.14. The molecular weight excluding hydrogens is 470 g/mol. The molecule has 0 aliphatic rings. The third kappa shape index (κ3) is 8.66. The van der Waals surface area contributed by atoms with Crippen molar-refractivity contribution in [3.63, 3.8) is 0 Å². The average molecular weight is 500 g/mol. The molecule has 13 heteroatoms. The Balaban J connectivity index is 1.97. The van der Waals surface area contributed by atoms with Crippen molar-refractivity contribution < 1.29 is 29.4 Å². The molecule has 0 fully saturated rings. The van der Waals surface area contributed by atoms with Gasteiger partial charge in [0.25, 0.3) is 11.8 Å². The summed E-state index contributed by atoms with van der Waals surface area (Å²) in [6, 6.07) is 4.72. The minimum absolute atomic E-state index is 0.00341. The van der Waals surface area contributed by atoms with Crippen LogP contribution in [-0.2, 0) is 16.1 Å². The van der Waals surface area contributed by atoms with Crippen LogP contribution < -0.4 is 21.7 Å². The van der Waals surface area contributed by atoms with Crippen LogP contribution in [0, 0.1) is 0 Å². The molecule has 0 saturated carbocycles. The number of nitrogens with zero attached hydrogens (tertiary/aromatic N) is 3. The molecule has 2 amide bonds. The van der Waals surface area contributed by atoms with Crippen LogP contribution >= 0.6 is 0 Å². The average Bonchev–Trinajstić information content (AvgIpc) is 2.84. The maximum Gasteiger partial charge on any atom is 0.326 e. The van der Waals surface area contributed by atoms with E-state index in [1.54, 1.807) is 12.1 Å². The van der Waals surface area contributed by atoms with Crippen molar-refractivity contribution in [2.75, 3.05) is 17.6 Å². The summed E-state index contributed by atoms with van der Waals surface area (Å²) in [6.07, 6.45) is 1.44. The monoisotopic (exact) mass is 499 g/mol. The summed E-state index contributed by atoms with van der Waals surface area (Å²) in [5.41, 5.74) is 7.12. The van der Waals surface area contributed by atoms with Crippen molar-refractivity contribution in [3.8, 4) is 0 Å². The molecule has 1 heterocycles. The van der Waals surface area contributed by atoms with Crippen LogP contribution in [0.15, 0.2) is 35.5 Å². The van der Waals surface area contributed by atoms with Gasteiger partial charge in [0.2, 0.25) is 0 Å². The predicted molar refractivity (Wildman–Crippen MR) is 132 cm³/mol. The van der Waals surface area contributed by atoms with Gasteiger partial charge in [0.1, 0.15) is 6.04 Å². The van der Waals surface area contributed by atoms with Gasteiger partial charge >= 0.3 is 11.9 Å². The number of aliphatic imine (C=N–C) groups is 1. The van der Waals surface area contributed by atoms with Crippen molar-refractivity contribution >= 4 is 42.0 Å². The van der Waals surface area contributed by atoms with E-state index in [4.69, 9.17) is 10.8 Å². The topological polar surface area (TPSA) is 209 Å². The minimum Gasteiger partial charge on any atom is -0.481 e. The van der Waals surface area contributed by atoms with E-state index in [2.05, 4.69) is 37.6 Å². The Hall–Kier alpha value is -4.55. The number of nitrogens with one attached hydrogen (secondary N) is 3. The lowest BCUT2D eigenvalue weighted by molar-refractivity contribution is -0.140. The van der Waals surface area contributed by atoms with Gasteiger partial charge in [0.05, 0.1) is 18.4 Å². The Bertz CT molecular complexity index is 1110. The van der Waals surface area contributed by atoms with Gasteiger partial charge < -0.3 is 36.9 Å². The van der Waals surface area contributed by atoms with Crippen LogP contribution in [0.25, 0.3) is 0 Å². The molecule has 2 aromatic rings. The van der Waals surface area contributed by atoms with Gasteiger partial charge in [-0.15, -0.1) is 0 Å². The van der Waals surface area contributed by atoms with Crippen LogP contribution in [0.3, 0.4) is 0 Å². The maximum absolute atomic E-state index is 12.5. The molecule has 0 aliphatic carbocycles. The van der Waals surface area contributed by atoms with E-state index in [-0.39, 0.29) is 42.5 Å². The number of carbonyl (C=O) groups excluding carboxylic acids is 2. The van der Waals surface area contributed by atoms with E-state index in [0.717, 1.165) is 0 Å². The number of aliphatic carboxylic acids is 2. The molecule has 2 rings (SSSR count). The van der Waals surface area contributed by atoms with Gasteiger partial charge in [0, 0.05) is 30.3 Å². The molecule has 2 atom stereocenters. The number of anilines is 2. The molecule has 1 aromatic heterocycles. The molecule has 7 N–H and O–H groups in total. The Morgan fingerprint density at radius 2 is 1.78 bits per heavy atom. The van der Waals surface area contributed by atoms with Crippen LogP contribution in [0.4, 0.5) is 11.5 Å². The number of hydrogen-bond donors (Lipinski definition) is 6. The van der Waals surface area contributed by atoms with Gasteiger partial charge in [0.15, 0.2) is 11.5 Å². The maximum atomic E-state index is 12.5. The number of rotatable bonds is 14. The van der Waals surface area contributed by atoms with E-state index >= 15 is 0 Å². The fourth-order valence-corrected chi connectivity index (χ4v) is 3.04. The van der Waals surface area contributed by atoms with Gasteiger partial charge in [-0.25, -0.2) is 14.8 Å². The highest BCUT2D eigenvalue weighted by Crippen LogP contribution is 2.13. The quantitative estimate of drug-likeness (QED) is 0.202. The smallest absolute Gasteiger partial charge is 0.326 e. The van der Waals surface area contributed by atoms with E-state index in [9.17, 15) is 24.3 Å². The molecule has 13 nitrogen and oxygen atoms in total. The molecular formula is C23H29N7O6. The van der Waals surface area contributed by atoms with Crippen LogP contribution in [0.5, 0.6) is 0 Å². The summed E-state index contributed by atoms with van der Waals surface area (Å²) >= 11 is 0. The summed E-state index contributed by atoms with van der Waals surface area (Å²) in [5.74, 6) is -3.55. The van der Waals surface area contributed by atoms with E-state index < -0.39 is 29.8 Å². The van der Waals surface area contributed by atoms with Crippen molar-refractivity contribution in [3.05, 3.63) is 47.4 Å². The van der Waals surface area contributed by atoms with E-state index in [0.29, 0.717) is 24.3 Å². The van der Waals surface area contributed by atoms with Crippen LogP contribution in [0.2, 0.25) is 0 Å². The largest absolute Gasteiger partial charge is 0.481 e. The minimum atomic E-state index is -1.32. The second kappa shape index (κ2) is 13.4. The number of carboxylic acid groups (broad SMARTS) is 2. The van der Waals surface area contributed by atoms with Gasteiger partial charge in [-0.3, -0.25) is 14.4 Å². The number of aromatic nitrogens is 2. The molecule has 0 bridgehead atoms. The third-order valence-electron chi connectivity index (χ3n) is 5.03. The zero-order valence-electron chi connectivity index (χ0n) is 19.7. The highest BCUT2D eigenvalue weighted by atomic mass is 16.4. The molecule has 0 spiro atoms. The highest BCUT2D eigenvalue weighted by molar-refractivity contribution is 5.97. The number of amides is 2. The summed E-state index contributed by atoms with van der Waals surface area (Å²) in [5, 5.41) is 26.1. The number of carbonyl (C=O) groups is 4. The van der Waals surface area contributed by atoms with Gasteiger partial charge in [-0.2, -0.15) is 0 Å². The van der Waals surface area contributed by atoms with Crippen molar-refractivity contribution in [1.29, 1.82) is 0 Å². The summed E-state index contributed by atoms with van der Waals surface area (Å²) in [4.78, 5) is 58.9. The third-order valence-corrected chi connectivity index (χ3v) is 5.03. The first-order chi connectivity index (χ1) is 17.1. The molecule has 36 heavy (non-hydrogen) atoms. The van der Waals surface area contributed by atoms with Gasteiger partial charge in [-0.05, 0) is 50.7 Å². The van der Waals surface area contributed by atoms with Crippen LogP contribution in [0.1, 0.15) is 52.7 Å². The van der Waals surface area contributed by atoms with Crippen molar-refractivity contribution in [2.24, 2.45) is 4.99 Å². The van der Waals surface area contributed by atoms with E-state index in [1.807, 2.05) is 6.92 Å². The molecule has 0 saturated heterocycles. The number of carboxylic acids is 2. The molecule has 0 radical (unpaired) electrons. The lowest BCUT2D eigenvalue weighted by atomic mass is 10.1. The SMILES string of the molecule is C=NCCC(C)NC(=O)c1nc(CNc2ccc(C(=O)NC(CCC(=O)O)C(=O)O)cc2)cnc1N. The number of nitrogens with two attached hydrogens (primary N) is 1. The molecule has 0 aliphatic heterocycles. The molecule has 1 aromatic carbocycles. The zero-order valence-corrected chi connectivity index (χ0v) is 19.7. The summed E-state index contributed by atoms with van der Waals surface area (Å²) < 4.78 is 0. The normalized spacial score (nSPS) is 12.1. The van der Waals surface area contributed by atoms with Crippen LogP contribution in [-0.4, -0.2) is 69.3 Å². The summed E-state index contributed by atoms with van der Waals surface area (Å²) in [7, 11) is 0. The zero-order chi connectivity index (χ0) is 26.7. The second-order valence-electron chi connectivity index (χ2n) is 7.93. The Morgan fingerprint density at radius 3 is 2.39 bits per heavy atom. The van der Waals surface area contributed by atoms with Crippen molar-refractivity contribution in [2.45, 2.75) is 44.8 Å². The fraction of sp³-hybridized carbons (Fsp3) is 0.348. The molecule has 2 unspecified atom stereocenters.